The van der Waals surface area contributed by atoms with Crippen LogP contribution in [-0.4, -0.2) is 54.3 Å². The predicted octanol–water partition coefficient (Wildman–Crippen LogP) is 0.767. The second kappa shape index (κ2) is 6.27. The van der Waals surface area contributed by atoms with Crippen molar-refractivity contribution in [3.8, 4) is 0 Å². The number of pyridine rings is 1. The van der Waals surface area contributed by atoms with Gasteiger partial charge in [0, 0.05) is 25.3 Å². The fourth-order valence-corrected chi connectivity index (χ4v) is 2.26. The lowest BCUT2D eigenvalue weighted by Gasteiger charge is -2.30. The first kappa shape index (κ1) is 14.2. The number of nitrogens with zero attached hydrogens (tertiary/aromatic N) is 2. The maximum Gasteiger partial charge on any atom is 0.136 e. The van der Waals surface area contributed by atoms with E-state index in [0.29, 0.717) is 11.5 Å². The molecule has 1 atom stereocenters. The smallest absolute Gasteiger partial charge is 0.136 e. The second-order valence-electron chi connectivity index (χ2n) is 4.85. The minimum atomic E-state index is 0.167. The van der Waals surface area contributed by atoms with E-state index in [1.165, 1.54) is 0 Å². The molecule has 1 fully saturated rings. The molecule has 0 radical (unpaired) electrons. The number of ether oxygens (including phenoxy) is 1. The van der Waals surface area contributed by atoms with Crippen molar-refractivity contribution in [2.24, 2.45) is 5.73 Å². The van der Waals surface area contributed by atoms with Gasteiger partial charge in [0.25, 0.3) is 0 Å². The molecule has 0 saturated carbocycles. The number of thiocarbonyl (C=S) groups is 1. The van der Waals surface area contributed by atoms with E-state index < -0.39 is 0 Å². The molecule has 0 bridgehead atoms. The van der Waals surface area contributed by atoms with Crippen LogP contribution in [0.1, 0.15) is 11.3 Å². The lowest BCUT2D eigenvalue weighted by atomic mass is 10.2. The molecule has 3 N–H and O–H groups in total. The number of hydrogen-bond acceptors (Lipinski definition) is 5. The van der Waals surface area contributed by atoms with Crippen LogP contribution in [0, 0.1) is 6.92 Å². The third kappa shape index (κ3) is 3.86. The van der Waals surface area contributed by atoms with Gasteiger partial charge in [-0.05, 0) is 26.1 Å². The van der Waals surface area contributed by atoms with Crippen LogP contribution >= 0.6 is 12.2 Å². The number of anilines is 1. The lowest BCUT2D eigenvalue weighted by Crippen LogP contribution is -2.43. The van der Waals surface area contributed by atoms with E-state index in [2.05, 4.69) is 22.2 Å². The highest BCUT2D eigenvalue weighted by Crippen LogP contribution is 2.14. The number of nitrogens with one attached hydrogen (secondary N) is 1. The van der Waals surface area contributed by atoms with E-state index >= 15 is 0 Å². The SMILES string of the molecule is Cc1ccc(C(N)=S)c(NCC2CN(C)CCO2)n1. The lowest BCUT2D eigenvalue weighted by molar-refractivity contribution is -0.0117. The first-order valence-corrected chi connectivity index (χ1v) is 6.78. The monoisotopic (exact) mass is 280 g/mol. The summed E-state index contributed by atoms with van der Waals surface area (Å²) in [5, 5.41) is 3.30. The Bertz CT molecular complexity index is 466. The number of rotatable bonds is 4. The van der Waals surface area contributed by atoms with Gasteiger partial charge in [0.15, 0.2) is 0 Å². The van der Waals surface area contributed by atoms with E-state index in [4.69, 9.17) is 22.7 Å². The largest absolute Gasteiger partial charge is 0.389 e. The summed E-state index contributed by atoms with van der Waals surface area (Å²) in [6, 6.07) is 3.81. The molecule has 0 spiro atoms. The minimum absolute atomic E-state index is 0.167. The van der Waals surface area contributed by atoms with Crippen LogP contribution < -0.4 is 11.1 Å². The van der Waals surface area contributed by atoms with Crippen molar-refractivity contribution in [2.75, 3.05) is 38.6 Å². The maximum absolute atomic E-state index is 5.71. The number of likely N-dealkylation sites (N-methyl/N-ethyl adjacent to an activating group) is 1. The summed E-state index contributed by atoms with van der Waals surface area (Å²) in [7, 11) is 2.10. The van der Waals surface area contributed by atoms with Crippen molar-refractivity contribution in [3.63, 3.8) is 0 Å². The van der Waals surface area contributed by atoms with Crippen molar-refractivity contribution in [1.82, 2.24) is 9.88 Å². The molecular weight excluding hydrogens is 260 g/mol. The molecule has 0 amide bonds. The van der Waals surface area contributed by atoms with Crippen molar-refractivity contribution < 1.29 is 4.74 Å². The molecule has 1 aliphatic heterocycles. The molecule has 1 saturated heterocycles. The first-order chi connectivity index (χ1) is 9.06. The fourth-order valence-electron chi connectivity index (χ4n) is 2.09. The zero-order valence-electron chi connectivity index (χ0n) is 11.3. The number of morpholine rings is 1. The molecule has 2 rings (SSSR count). The summed E-state index contributed by atoms with van der Waals surface area (Å²) in [4.78, 5) is 7.07. The Morgan fingerprint density at radius 1 is 1.63 bits per heavy atom. The predicted molar refractivity (Wildman–Crippen MR) is 80.6 cm³/mol. The molecule has 104 valence electrons. The third-order valence-corrected chi connectivity index (χ3v) is 3.36. The Labute approximate surface area is 119 Å². The molecular formula is C13H20N4OS. The van der Waals surface area contributed by atoms with Crippen LogP contribution in [0.2, 0.25) is 0 Å². The Hall–Kier alpha value is -1.24. The van der Waals surface area contributed by atoms with Crippen molar-refractivity contribution in [1.29, 1.82) is 0 Å². The molecule has 0 aliphatic carbocycles. The van der Waals surface area contributed by atoms with Crippen LogP contribution in [0.4, 0.5) is 5.82 Å². The van der Waals surface area contributed by atoms with Gasteiger partial charge >= 0.3 is 0 Å². The van der Waals surface area contributed by atoms with Crippen molar-refractivity contribution >= 4 is 23.0 Å². The van der Waals surface area contributed by atoms with Gasteiger partial charge in [0.2, 0.25) is 0 Å². The molecule has 19 heavy (non-hydrogen) atoms. The molecule has 0 aromatic carbocycles. The highest BCUT2D eigenvalue weighted by molar-refractivity contribution is 7.80. The van der Waals surface area contributed by atoms with Gasteiger partial charge in [-0.1, -0.05) is 12.2 Å². The Morgan fingerprint density at radius 3 is 3.11 bits per heavy atom. The van der Waals surface area contributed by atoms with Gasteiger partial charge in [-0.3, -0.25) is 0 Å². The minimum Gasteiger partial charge on any atom is -0.389 e. The Morgan fingerprint density at radius 2 is 2.42 bits per heavy atom. The van der Waals surface area contributed by atoms with Gasteiger partial charge in [0.1, 0.15) is 10.8 Å². The molecule has 5 nitrogen and oxygen atoms in total. The summed E-state index contributed by atoms with van der Waals surface area (Å²) >= 11 is 5.04. The Balaban J connectivity index is 2.02. The molecule has 1 aromatic rings. The summed E-state index contributed by atoms with van der Waals surface area (Å²) < 4.78 is 5.70. The average molecular weight is 280 g/mol. The standard InChI is InChI=1S/C13H20N4OS/c1-9-3-4-11(12(14)19)13(16-9)15-7-10-8-17(2)5-6-18-10/h3-4,10H,5-8H2,1-2H3,(H2,14,19)(H,15,16). The molecule has 1 aromatic heterocycles. The molecule has 2 heterocycles. The van der Waals surface area contributed by atoms with Crippen molar-refractivity contribution in [3.05, 3.63) is 23.4 Å². The van der Waals surface area contributed by atoms with E-state index in [0.717, 1.165) is 36.8 Å². The fraction of sp³-hybridized carbons (Fsp3) is 0.538. The van der Waals surface area contributed by atoms with Gasteiger partial charge in [-0.2, -0.15) is 0 Å². The maximum atomic E-state index is 5.71. The Kier molecular flexibility index (Phi) is 4.68. The van der Waals surface area contributed by atoms with Gasteiger partial charge in [0.05, 0.1) is 18.3 Å². The van der Waals surface area contributed by atoms with Crippen LogP contribution in [0.3, 0.4) is 0 Å². The third-order valence-electron chi connectivity index (χ3n) is 3.14. The van der Waals surface area contributed by atoms with E-state index in [1.54, 1.807) is 0 Å². The highest BCUT2D eigenvalue weighted by Gasteiger charge is 2.18. The van der Waals surface area contributed by atoms with Gasteiger partial charge in [-0.25, -0.2) is 4.98 Å². The van der Waals surface area contributed by atoms with E-state index in [9.17, 15) is 0 Å². The van der Waals surface area contributed by atoms with Gasteiger partial charge < -0.3 is 20.7 Å². The van der Waals surface area contributed by atoms with Gasteiger partial charge in [-0.15, -0.1) is 0 Å². The summed E-state index contributed by atoms with van der Waals surface area (Å²) in [6.45, 7) is 5.32. The number of nitrogens with two attached hydrogens (primary N) is 1. The van der Waals surface area contributed by atoms with Crippen molar-refractivity contribution in [2.45, 2.75) is 13.0 Å². The summed E-state index contributed by atoms with van der Waals surface area (Å²) in [6.07, 6.45) is 0.167. The van der Waals surface area contributed by atoms with Crippen LogP contribution in [0.15, 0.2) is 12.1 Å². The second-order valence-corrected chi connectivity index (χ2v) is 5.29. The number of aryl methyl sites for hydroxylation is 1. The summed E-state index contributed by atoms with van der Waals surface area (Å²) in [5.74, 6) is 0.740. The van der Waals surface area contributed by atoms with Crippen LogP contribution in [0.5, 0.6) is 0 Å². The highest BCUT2D eigenvalue weighted by atomic mass is 32.1. The average Bonchev–Trinajstić information content (AvgIpc) is 2.36. The molecule has 1 aliphatic rings. The number of aromatic nitrogens is 1. The van der Waals surface area contributed by atoms with E-state index in [1.807, 2.05) is 19.1 Å². The van der Waals surface area contributed by atoms with Crippen LogP contribution in [-0.2, 0) is 4.74 Å². The normalized spacial score (nSPS) is 20.2. The zero-order chi connectivity index (χ0) is 13.8. The van der Waals surface area contributed by atoms with Crippen LogP contribution in [0.25, 0.3) is 0 Å². The quantitative estimate of drug-likeness (QED) is 0.794. The zero-order valence-corrected chi connectivity index (χ0v) is 12.2. The number of hydrogen-bond donors (Lipinski definition) is 2. The molecule has 1 unspecified atom stereocenters. The molecule has 6 heteroatoms. The van der Waals surface area contributed by atoms with E-state index in [-0.39, 0.29) is 6.10 Å². The first-order valence-electron chi connectivity index (χ1n) is 6.37. The summed E-state index contributed by atoms with van der Waals surface area (Å²) in [5.41, 5.74) is 7.42. The topological polar surface area (TPSA) is 63.4 Å².